The Labute approximate surface area is 226 Å². The van der Waals surface area contributed by atoms with Gasteiger partial charge in [-0.15, -0.1) is 0 Å². The predicted molar refractivity (Wildman–Crippen MR) is 152 cm³/mol. The lowest BCUT2D eigenvalue weighted by atomic mass is 9.96. The number of benzene rings is 3. The predicted octanol–water partition coefficient (Wildman–Crippen LogP) is 9.53. The van der Waals surface area contributed by atoms with Gasteiger partial charge >= 0.3 is 12.3 Å². The van der Waals surface area contributed by atoms with Gasteiger partial charge in [-0.25, -0.2) is 9.59 Å². The van der Waals surface area contributed by atoms with Crippen molar-refractivity contribution >= 4 is 33.9 Å². The highest BCUT2D eigenvalue weighted by molar-refractivity contribution is 6.13. The molecule has 6 nitrogen and oxygen atoms in total. The van der Waals surface area contributed by atoms with Crippen LogP contribution in [0.25, 0.3) is 21.5 Å². The van der Waals surface area contributed by atoms with Crippen molar-refractivity contribution in [2.45, 2.75) is 91.4 Å². The van der Waals surface area contributed by atoms with Gasteiger partial charge in [0.15, 0.2) is 5.75 Å². The molecule has 0 heterocycles. The number of fused-ring (bicyclic) bond motifs is 2. The van der Waals surface area contributed by atoms with E-state index in [2.05, 4.69) is 13.8 Å². The zero-order valence-corrected chi connectivity index (χ0v) is 23.2. The van der Waals surface area contributed by atoms with Crippen LogP contribution in [0.15, 0.2) is 42.5 Å². The molecule has 3 aromatic rings. The quantitative estimate of drug-likeness (QED) is 0.0856. The molecule has 206 valence electrons. The van der Waals surface area contributed by atoms with Gasteiger partial charge in [-0.1, -0.05) is 115 Å². The minimum absolute atomic E-state index is 0.324. The molecule has 0 aliphatic heterocycles. The first-order chi connectivity index (χ1) is 18.6. The van der Waals surface area contributed by atoms with Gasteiger partial charge in [0, 0.05) is 21.5 Å². The second-order valence-electron chi connectivity index (χ2n) is 9.63. The zero-order chi connectivity index (χ0) is 27.2. The van der Waals surface area contributed by atoms with Crippen LogP contribution in [-0.4, -0.2) is 25.5 Å². The van der Waals surface area contributed by atoms with Gasteiger partial charge in [0.25, 0.3) is 0 Å². The fraction of sp³-hybridized carbons (Fsp3) is 0.500. The summed E-state index contributed by atoms with van der Waals surface area (Å²) in [7, 11) is 0. The van der Waals surface area contributed by atoms with Crippen LogP contribution < -0.4 is 9.47 Å². The molecule has 0 bridgehead atoms. The molecule has 0 saturated carbocycles. The molecule has 0 saturated heterocycles. The maximum Gasteiger partial charge on any atom is 0.513 e. The number of carbonyl (C=O) groups excluding carboxylic acids is 2. The Morgan fingerprint density at radius 2 is 1.08 bits per heavy atom. The van der Waals surface area contributed by atoms with Crippen molar-refractivity contribution in [1.82, 2.24) is 0 Å². The standard InChI is InChI=1S/C32H42O6/c1-4-7-9-11-15-22-35-31(33)37-29-25-19-13-14-20-26(25)30(28-24(6-3)18-17-21-27(28)29)38-32(34)36-23-16-12-10-8-5-2/h13-14,17-21H,4-12,15-16,22-23H2,1-3H3. The molecule has 0 spiro atoms. The van der Waals surface area contributed by atoms with Crippen LogP contribution in [0.5, 0.6) is 11.5 Å². The van der Waals surface area contributed by atoms with E-state index in [1.807, 2.05) is 49.4 Å². The summed E-state index contributed by atoms with van der Waals surface area (Å²) in [4.78, 5) is 25.4. The van der Waals surface area contributed by atoms with E-state index < -0.39 is 12.3 Å². The van der Waals surface area contributed by atoms with Crippen molar-refractivity contribution in [2.75, 3.05) is 13.2 Å². The van der Waals surface area contributed by atoms with Gasteiger partial charge in [0.2, 0.25) is 0 Å². The largest absolute Gasteiger partial charge is 0.513 e. The fourth-order valence-corrected chi connectivity index (χ4v) is 4.67. The Kier molecular flexibility index (Phi) is 12.2. The second kappa shape index (κ2) is 15.9. The molecule has 0 unspecified atom stereocenters. The Morgan fingerprint density at radius 1 is 0.579 bits per heavy atom. The van der Waals surface area contributed by atoms with E-state index in [9.17, 15) is 9.59 Å². The van der Waals surface area contributed by atoms with Gasteiger partial charge in [-0.2, -0.15) is 0 Å². The second-order valence-corrected chi connectivity index (χ2v) is 9.63. The van der Waals surface area contributed by atoms with Crippen molar-refractivity contribution in [1.29, 1.82) is 0 Å². The minimum atomic E-state index is -0.731. The highest BCUT2D eigenvalue weighted by atomic mass is 16.7. The molecule has 38 heavy (non-hydrogen) atoms. The third-order valence-corrected chi connectivity index (χ3v) is 6.73. The third-order valence-electron chi connectivity index (χ3n) is 6.73. The number of hydrogen-bond donors (Lipinski definition) is 0. The first-order valence-corrected chi connectivity index (χ1v) is 14.3. The van der Waals surface area contributed by atoms with Gasteiger partial charge in [-0.3, -0.25) is 0 Å². The minimum Gasteiger partial charge on any atom is -0.434 e. The van der Waals surface area contributed by atoms with E-state index in [0.717, 1.165) is 49.5 Å². The van der Waals surface area contributed by atoms with E-state index in [-0.39, 0.29) is 0 Å². The van der Waals surface area contributed by atoms with Gasteiger partial charge in [0.05, 0.1) is 13.2 Å². The van der Waals surface area contributed by atoms with Crippen LogP contribution in [-0.2, 0) is 15.9 Å². The molecule has 0 aliphatic rings. The molecule has 0 aromatic heterocycles. The van der Waals surface area contributed by atoms with Crippen LogP contribution in [0.2, 0.25) is 0 Å². The number of unbranched alkanes of at least 4 members (excludes halogenated alkanes) is 8. The Bertz CT molecular complexity index is 1190. The van der Waals surface area contributed by atoms with Crippen LogP contribution in [0.1, 0.15) is 90.5 Å². The molecule has 0 aliphatic carbocycles. The summed E-state index contributed by atoms with van der Waals surface area (Å²) < 4.78 is 22.5. The average Bonchev–Trinajstić information content (AvgIpc) is 2.93. The number of carbonyl (C=O) groups is 2. The molecule has 0 atom stereocenters. The SMILES string of the molecule is CCCCCCCOC(=O)Oc1c2ccccc2c(OC(=O)OCCCCCCC)c2c(CC)cccc12. The molecule has 0 fully saturated rings. The van der Waals surface area contributed by atoms with Crippen LogP contribution in [0, 0.1) is 0 Å². The Hall–Kier alpha value is -3.28. The van der Waals surface area contributed by atoms with E-state index >= 15 is 0 Å². The first kappa shape index (κ1) is 29.3. The molecular formula is C32H42O6. The van der Waals surface area contributed by atoms with Gasteiger partial charge in [0.1, 0.15) is 5.75 Å². The topological polar surface area (TPSA) is 71.1 Å². The summed E-state index contributed by atoms with van der Waals surface area (Å²) in [5.41, 5.74) is 0.977. The third kappa shape index (κ3) is 8.11. The van der Waals surface area contributed by atoms with Crippen molar-refractivity contribution in [3.05, 3.63) is 48.0 Å². The molecule has 0 amide bonds. The van der Waals surface area contributed by atoms with Gasteiger partial charge in [-0.05, 0) is 24.8 Å². The molecule has 3 aromatic carbocycles. The number of hydrogen-bond acceptors (Lipinski definition) is 6. The lowest BCUT2D eigenvalue weighted by Crippen LogP contribution is -2.14. The summed E-state index contributed by atoms with van der Waals surface area (Å²) in [5, 5.41) is 2.75. The molecule has 0 N–H and O–H groups in total. The smallest absolute Gasteiger partial charge is 0.434 e. The maximum absolute atomic E-state index is 12.7. The Morgan fingerprint density at radius 3 is 1.63 bits per heavy atom. The lowest BCUT2D eigenvalue weighted by molar-refractivity contribution is 0.0965. The van der Waals surface area contributed by atoms with Gasteiger partial charge < -0.3 is 18.9 Å². The summed E-state index contributed by atoms with van der Waals surface area (Å²) in [6, 6.07) is 13.2. The first-order valence-electron chi connectivity index (χ1n) is 14.3. The summed E-state index contributed by atoms with van der Waals surface area (Å²) in [6.07, 6.45) is 9.87. The van der Waals surface area contributed by atoms with E-state index in [1.165, 1.54) is 25.7 Å². The number of ether oxygens (including phenoxy) is 4. The normalized spacial score (nSPS) is 11.0. The van der Waals surface area contributed by atoms with E-state index in [4.69, 9.17) is 18.9 Å². The monoisotopic (exact) mass is 522 g/mol. The summed E-state index contributed by atoms with van der Waals surface area (Å²) in [6.45, 7) is 7.02. The summed E-state index contributed by atoms with van der Waals surface area (Å²) >= 11 is 0. The van der Waals surface area contributed by atoms with Crippen molar-refractivity contribution < 1.29 is 28.5 Å². The van der Waals surface area contributed by atoms with Crippen LogP contribution in [0.4, 0.5) is 9.59 Å². The highest BCUT2D eigenvalue weighted by Crippen LogP contribution is 2.44. The number of aryl methyl sites for hydroxylation is 1. The summed E-state index contributed by atoms with van der Waals surface area (Å²) in [5.74, 6) is 0.819. The van der Waals surface area contributed by atoms with E-state index in [0.29, 0.717) is 47.3 Å². The average molecular weight is 523 g/mol. The molecular weight excluding hydrogens is 480 g/mol. The maximum atomic E-state index is 12.7. The fourth-order valence-electron chi connectivity index (χ4n) is 4.67. The molecule has 3 rings (SSSR count). The van der Waals surface area contributed by atoms with Crippen molar-refractivity contribution in [3.8, 4) is 11.5 Å². The van der Waals surface area contributed by atoms with Crippen LogP contribution >= 0.6 is 0 Å². The van der Waals surface area contributed by atoms with Crippen molar-refractivity contribution in [2.24, 2.45) is 0 Å². The zero-order valence-electron chi connectivity index (χ0n) is 23.2. The highest BCUT2D eigenvalue weighted by Gasteiger charge is 2.22. The number of rotatable bonds is 15. The van der Waals surface area contributed by atoms with E-state index in [1.54, 1.807) is 0 Å². The molecule has 6 heteroatoms. The molecule has 0 radical (unpaired) electrons. The van der Waals surface area contributed by atoms with Crippen molar-refractivity contribution in [3.63, 3.8) is 0 Å². The Balaban J connectivity index is 1.85. The lowest BCUT2D eigenvalue weighted by Gasteiger charge is -2.18. The van der Waals surface area contributed by atoms with Crippen LogP contribution in [0.3, 0.4) is 0 Å².